The Bertz CT molecular complexity index is 1870. The number of benzene rings is 2. The Hall–Kier alpha value is -3.30. The van der Waals surface area contributed by atoms with Crippen LogP contribution in [0.1, 0.15) is 13.8 Å². The minimum Gasteiger partial charge on any atom is -0.495 e. The van der Waals surface area contributed by atoms with E-state index in [9.17, 15) is 43.3 Å². The van der Waals surface area contributed by atoms with Crippen molar-refractivity contribution < 1.29 is 52.7 Å². The molecule has 0 aromatic heterocycles. The summed E-state index contributed by atoms with van der Waals surface area (Å²) >= 11 is 0. The van der Waals surface area contributed by atoms with E-state index in [1.165, 1.54) is 52.3 Å². The van der Waals surface area contributed by atoms with E-state index in [0.29, 0.717) is 0 Å². The number of carbonyl (C=O) groups is 2. The van der Waals surface area contributed by atoms with Crippen molar-refractivity contribution >= 4 is 62.9 Å². The maximum Gasteiger partial charge on any atom is 0.243 e. The second-order valence-corrected chi connectivity index (χ2v) is 19.2. The van der Waals surface area contributed by atoms with Crippen LogP contribution in [0, 0.1) is 0 Å². The first-order chi connectivity index (χ1) is 21.3. The minimum atomic E-state index is -4.70. The summed E-state index contributed by atoms with van der Waals surface area (Å²) < 4.78 is 122. The zero-order valence-electron chi connectivity index (χ0n) is 25.0. The predicted molar refractivity (Wildman–Crippen MR) is 165 cm³/mol. The van der Waals surface area contributed by atoms with E-state index < -0.39 is 109 Å². The first-order valence-electron chi connectivity index (χ1n) is 13.7. The highest BCUT2D eigenvalue weighted by molar-refractivity contribution is 7.93. The molecule has 2 aromatic rings. The number of rotatable bonds is 8. The third-order valence-corrected chi connectivity index (χ3v) is 15.3. The number of methoxy groups -OCH3 is 2. The SMILES string of the molecule is COc1ccc(S(=O)(=O)N2[C@@H]3CS(=O)(=O)C[C@H]3N(S(=O)(=O)c3ccc(OC)c(NC(C)=O)c3)[C@H]3CS(=O)(=O)C[C@H]32)cc1NC(C)=O. The summed E-state index contributed by atoms with van der Waals surface area (Å²) in [6.07, 6.45) is 0. The monoisotopic (exact) mass is 720 g/mol. The standard InChI is InChI=1S/C26H32N4O12S4/c1-15(31)27-19-9-17(5-7-25(19)41-3)45(37,38)29-21-11-43(33,34)13-23(21)30(24-14-44(35,36)12-22(24)29)46(39,40)18-6-8-26(42-4)20(10-18)28-16(2)32/h5-10,21-24H,11-14H2,1-4H3,(H,27,31)(H,28,32)/t21-,22-,23-,24+/m1/s1. The van der Waals surface area contributed by atoms with Crippen molar-refractivity contribution in [3.05, 3.63) is 36.4 Å². The molecule has 0 spiro atoms. The smallest absolute Gasteiger partial charge is 0.243 e. The third-order valence-electron chi connectivity index (χ3n) is 8.01. The predicted octanol–water partition coefficient (Wildman–Crippen LogP) is -0.353. The zero-order chi connectivity index (χ0) is 34.0. The summed E-state index contributed by atoms with van der Waals surface area (Å²) in [5.74, 6) is -3.86. The summed E-state index contributed by atoms with van der Waals surface area (Å²) in [4.78, 5) is 22.8. The van der Waals surface area contributed by atoms with Crippen molar-refractivity contribution in [3.63, 3.8) is 0 Å². The van der Waals surface area contributed by atoms with Crippen LogP contribution in [-0.2, 0) is 49.3 Å². The zero-order valence-corrected chi connectivity index (χ0v) is 28.3. The first-order valence-corrected chi connectivity index (χ1v) is 20.2. The molecule has 2 amide bonds. The van der Waals surface area contributed by atoms with Crippen LogP contribution >= 0.6 is 0 Å². The highest BCUT2D eigenvalue weighted by atomic mass is 32.2. The van der Waals surface area contributed by atoms with Crippen molar-refractivity contribution in [1.82, 2.24) is 8.61 Å². The molecule has 0 radical (unpaired) electrons. The fourth-order valence-corrected chi connectivity index (χ4v) is 14.4. The Morgan fingerprint density at radius 3 is 1.22 bits per heavy atom. The lowest BCUT2D eigenvalue weighted by Gasteiger charge is -2.49. The van der Waals surface area contributed by atoms with Crippen molar-refractivity contribution in [3.8, 4) is 11.5 Å². The van der Waals surface area contributed by atoms with Crippen LogP contribution in [0.25, 0.3) is 0 Å². The van der Waals surface area contributed by atoms with Gasteiger partial charge in [-0.1, -0.05) is 0 Å². The lowest BCUT2D eigenvalue weighted by atomic mass is 10.0. The molecule has 2 N–H and O–H groups in total. The molecule has 3 aliphatic rings. The van der Waals surface area contributed by atoms with E-state index in [0.717, 1.165) is 20.7 Å². The van der Waals surface area contributed by atoms with Gasteiger partial charge in [0.1, 0.15) is 11.5 Å². The summed E-state index contributed by atoms with van der Waals surface area (Å²) in [6, 6.07) is 1.16. The molecule has 252 valence electrons. The Kier molecular flexibility index (Phi) is 8.69. The molecule has 2 aromatic carbocycles. The van der Waals surface area contributed by atoms with Crippen LogP contribution in [0.5, 0.6) is 11.5 Å². The van der Waals surface area contributed by atoms with Gasteiger partial charge in [0, 0.05) is 13.8 Å². The van der Waals surface area contributed by atoms with Gasteiger partial charge in [0.15, 0.2) is 19.7 Å². The van der Waals surface area contributed by atoms with Gasteiger partial charge in [-0.15, -0.1) is 0 Å². The van der Waals surface area contributed by atoms with E-state index in [1.54, 1.807) is 0 Å². The van der Waals surface area contributed by atoms with Crippen LogP contribution in [0.2, 0.25) is 0 Å². The number of anilines is 2. The average molecular weight is 721 g/mol. The highest BCUT2D eigenvalue weighted by Crippen LogP contribution is 2.44. The number of ether oxygens (including phenoxy) is 2. The summed E-state index contributed by atoms with van der Waals surface area (Å²) in [7, 11) is -14.9. The van der Waals surface area contributed by atoms with Gasteiger partial charge in [0.05, 0.1) is 82.6 Å². The average Bonchev–Trinajstić information content (AvgIpc) is 3.42. The number of nitrogens with one attached hydrogen (secondary N) is 2. The number of hydrogen-bond acceptors (Lipinski definition) is 12. The Labute approximate surface area is 267 Å². The molecule has 4 atom stereocenters. The first kappa shape index (κ1) is 34.0. The lowest BCUT2D eigenvalue weighted by molar-refractivity contribution is -0.115. The summed E-state index contributed by atoms with van der Waals surface area (Å²) in [5, 5.41) is 4.93. The van der Waals surface area contributed by atoms with E-state index in [-0.39, 0.29) is 22.9 Å². The molecule has 3 heterocycles. The van der Waals surface area contributed by atoms with Crippen molar-refractivity contribution in [1.29, 1.82) is 0 Å². The van der Waals surface area contributed by atoms with E-state index in [4.69, 9.17) is 9.47 Å². The minimum absolute atomic E-state index is 0.00189. The quantitative estimate of drug-likeness (QED) is 0.358. The second-order valence-electron chi connectivity index (χ2n) is 11.2. The van der Waals surface area contributed by atoms with Gasteiger partial charge >= 0.3 is 0 Å². The molecule has 3 aliphatic heterocycles. The van der Waals surface area contributed by atoms with Crippen LogP contribution in [0.3, 0.4) is 0 Å². The Morgan fingerprint density at radius 2 is 0.957 bits per heavy atom. The van der Waals surface area contributed by atoms with Crippen LogP contribution < -0.4 is 20.1 Å². The third kappa shape index (κ3) is 6.08. The van der Waals surface area contributed by atoms with Crippen LogP contribution in [-0.4, -0.2) is 115 Å². The fourth-order valence-electron chi connectivity index (χ4n) is 6.31. The number of carbonyl (C=O) groups excluding carboxylic acids is 2. The normalized spacial score (nSPS) is 25.7. The Balaban J connectivity index is 1.68. The molecule has 0 aliphatic carbocycles. The number of sulfone groups is 2. The largest absolute Gasteiger partial charge is 0.495 e. The molecular weight excluding hydrogens is 689 g/mol. The van der Waals surface area contributed by atoms with Crippen LogP contribution in [0.15, 0.2) is 46.2 Å². The summed E-state index contributed by atoms with van der Waals surface area (Å²) in [5.41, 5.74) is -0.00379. The van der Waals surface area contributed by atoms with Gasteiger partial charge < -0.3 is 20.1 Å². The molecule has 3 fully saturated rings. The number of fused-ring (bicyclic) bond motifs is 2. The van der Waals surface area contributed by atoms with Crippen LogP contribution in [0.4, 0.5) is 11.4 Å². The topological polar surface area (TPSA) is 220 Å². The molecule has 0 bridgehead atoms. The van der Waals surface area contributed by atoms with Crippen molar-refractivity contribution in [2.75, 3.05) is 47.9 Å². The number of nitrogens with zero attached hydrogens (tertiary/aromatic N) is 2. The molecule has 5 rings (SSSR count). The molecule has 0 unspecified atom stereocenters. The molecular formula is C26H32N4O12S4. The van der Waals surface area contributed by atoms with Crippen molar-refractivity contribution in [2.45, 2.75) is 47.8 Å². The lowest BCUT2D eigenvalue weighted by Crippen LogP contribution is -2.69. The summed E-state index contributed by atoms with van der Waals surface area (Å²) in [6.45, 7) is 2.40. The van der Waals surface area contributed by atoms with Crippen molar-refractivity contribution in [2.24, 2.45) is 0 Å². The Morgan fingerprint density at radius 1 is 0.652 bits per heavy atom. The number of sulfonamides is 2. The molecule has 46 heavy (non-hydrogen) atoms. The van der Waals surface area contributed by atoms with E-state index >= 15 is 0 Å². The van der Waals surface area contributed by atoms with E-state index in [2.05, 4.69) is 10.6 Å². The molecule has 16 nitrogen and oxygen atoms in total. The highest BCUT2D eigenvalue weighted by Gasteiger charge is 2.63. The second kappa shape index (κ2) is 11.7. The van der Waals surface area contributed by atoms with Gasteiger partial charge in [-0.2, -0.15) is 8.61 Å². The number of hydrogen-bond donors (Lipinski definition) is 2. The molecule has 3 saturated heterocycles. The number of amides is 2. The molecule has 20 heteroatoms. The van der Waals surface area contributed by atoms with E-state index in [1.807, 2.05) is 0 Å². The van der Waals surface area contributed by atoms with Gasteiger partial charge in [-0.05, 0) is 36.4 Å². The number of piperazine rings is 1. The maximum atomic E-state index is 14.3. The maximum absolute atomic E-state index is 14.3. The van der Waals surface area contributed by atoms with Gasteiger partial charge in [0.2, 0.25) is 31.9 Å². The van der Waals surface area contributed by atoms with Gasteiger partial charge in [0.25, 0.3) is 0 Å². The fraction of sp³-hybridized carbons (Fsp3) is 0.462. The van der Waals surface area contributed by atoms with Gasteiger partial charge in [-0.25, -0.2) is 33.7 Å². The molecule has 0 saturated carbocycles. The van der Waals surface area contributed by atoms with Gasteiger partial charge in [-0.3, -0.25) is 9.59 Å².